The number of carbonyl (C=O) groups is 2. The van der Waals surface area contributed by atoms with Gasteiger partial charge in [-0.1, -0.05) is 138 Å². The summed E-state index contributed by atoms with van der Waals surface area (Å²) in [7, 11) is 0. The highest BCUT2D eigenvalue weighted by Crippen LogP contribution is 2.77. The van der Waals surface area contributed by atoms with Crippen LogP contribution in [0.15, 0.2) is 103 Å². The molecule has 3 aromatic rings. The number of fused-ring (bicyclic) bond motifs is 7. The lowest BCUT2D eigenvalue weighted by molar-refractivity contribution is -0.251. The van der Waals surface area contributed by atoms with Gasteiger partial charge in [0, 0.05) is 0 Å². The first kappa shape index (κ1) is 43.0. The highest BCUT2D eigenvalue weighted by atomic mass is 16.5. The number of hydrogen-bond acceptors (Lipinski definition) is 4. The van der Waals surface area contributed by atoms with E-state index >= 15 is 0 Å². The molecule has 60 heavy (non-hydrogen) atoms. The third kappa shape index (κ3) is 6.74. The van der Waals surface area contributed by atoms with Crippen molar-refractivity contribution in [2.45, 2.75) is 138 Å². The van der Waals surface area contributed by atoms with Crippen LogP contribution in [-0.2, 0) is 24.7 Å². The highest BCUT2D eigenvalue weighted by Gasteiger charge is 2.71. The quantitative estimate of drug-likeness (QED) is 0.119. The summed E-state index contributed by atoms with van der Waals surface area (Å²) in [5.74, 6) is 1.22. The standard InChI is InChI=1S/C55H72O5/c1-37(2)42-27-30-54(36-59-55(38-19-13-10-14-20-38,39-21-15-11-16-22-39)40-23-17-12-18-24-40)32-31-52(8)43(47(42)54)25-26-45-51(7)34-41(60-48(58)50(5,6)35-46(56)57)33-49(3,4)44(51)28-29-53(45,52)9/h10-24,41-45,47H,1,25-36H2,2-9H3,(H,56,57)/t41?,42-,43+,44-,45+,47+,51-,52+,53+,54+/m0/s1. The van der Waals surface area contributed by atoms with Crippen molar-refractivity contribution >= 4 is 11.9 Å². The Morgan fingerprint density at radius 1 is 0.717 bits per heavy atom. The van der Waals surface area contributed by atoms with Crippen LogP contribution in [0.1, 0.15) is 143 Å². The van der Waals surface area contributed by atoms with E-state index in [2.05, 4.69) is 133 Å². The third-order valence-corrected chi connectivity index (χ3v) is 18.4. The van der Waals surface area contributed by atoms with Gasteiger partial charge in [-0.05, 0) is 158 Å². The van der Waals surface area contributed by atoms with Crippen LogP contribution < -0.4 is 0 Å². The van der Waals surface area contributed by atoms with Crippen LogP contribution in [0.2, 0.25) is 0 Å². The molecule has 0 bridgehead atoms. The molecule has 5 aliphatic rings. The largest absolute Gasteiger partial charge is 0.481 e. The average molecular weight is 813 g/mol. The zero-order valence-corrected chi connectivity index (χ0v) is 37.9. The van der Waals surface area contributed by atoms with E-state index in [9.17, 15) is 14.7 Å². The van der Waals surface area contributed by atoms with E-state index in [4.69, 9.17) is 16.1 Å². The second-order valence-corrected chi connectivity index (χ2v) is 22.5. The topological polar surface area (TPSA) is 72.8 Å². The summed E-state index contributed by atoms with van der Waals surface area (Å²) in [5.41, 5.74) is 3.32. The fourth-order valence-corrected chi connectivity index (χ4v) is 15.6. The zero-order valence-electron chi connectivity index (χ0n) is 37.9. The number of carboxylic acids is 1. The molecule has 5 saturated carbocycles. The van der Waals surface area contributed by atoms with E-state index in [1.54, 1.807) is 13.8 Å². The number of esters is 1. The number of benzene rings is 3. The summed E-state index contributed by atoms with van der Waals surface area (Å²) >= 11 is 0. The molecule has 5 heteroatoms. The van der Waals surface area contributed by atoms with Crippen LogP contribution in [0.4, 0.5) is 0 Å². The van der Waals surface area contributed by atoms with Gasteiger partial charge in [-0.2, -0.15) is 0 Å². The Bertz CT molecular complexity index is 1960. The molecule has 5 aliphatic carbocycles. The molecule has 322 valence electrons. The number of aliphatic carboxylic acids is 1. The maximum absolute atomic E-state index is 13.6. The Morgan fingerprint density at radius 2 is 1.28 bits per heavy atom. The normalized spacial score (nSPS) is 35.9. The maximum atomic E-state index is 13.6. The summed E-state index contributed by atoms with van der Waals surface area (Å²) in [5, 5.41) is 9.57. The minimum atomic E-state index is -1.07. The Morgan fingerprint density at radius 3 is 1.82 bits per heavy atom. The van der Waals surface area contributed by atoms with E-state index in [1.807, 2.05) is 0 Å². The van der Waals surface area contributed by atoms with Crippen molar-refractivity contribution in [3.63, 3.8) is 0 Å². The molecule has 8 rings (SSSR count). The van der Waals surface area contributed by atoms with Crippen molar-refractivity contribution in [2.75, 3.05) is 6.61 Å². The number of rotatable bonds is 11. The lowest BCUT2D eigenvalue weighted by atomic mass is 9.32. The Kier molecular flexibility index (Phi) is 10.9. The van der Waals surface area contributed by atoms with Crippen LogP contribution in [0.5, 0.6) is 0 Å². The Balaban J connectivity index is 1.14. The second kappa shape index (κ2) is 15.3. The van der Waals surface area contributed by atoms with Gasteiger partial charge in [-0.3, -0.25) is 9.59 Å². The van der Waals surface area contributed by atoms with E-state index < -0.39 is 17.0 Å². The summed E-state index contributed by atoms with van der Waals surface area (Å²) in [6, 6.07) is 32.6. The fraction of sp³-hybridized carbons (Fsp3) is 0.600. The van der Waals surface area contributed by atoms with E-state index in [0.29, 0.717) is 36.2 Å². The predicted molar refractivity (Wildman–Crippen MR) is 240 cm³/mol. The van der Waals surface area contributed by atoms with Gasteiger partial charge in [0.25, 0.3) is 0 Å². The van der Waals surface area contributed by atoms with Crippen LogP contribution >= 0.6 is 0 Å². The minimum Gasteiger partial charge on any atom is -0.481 e. The fourth-order valence-electron chi connectivity index (χ4n) is 15.6. The predicted octanol–water partition coefficient (Wildman–Crippen LogP) is 13.1. The van der Waals surface area contributed by atoms with Crippen LogP contribution in [0.3, 0.4) is 0 Å². The van der Waals surface area contributed by atoms with E-state index in [1.165, 1.54) is 44.1 Å². The molecule has 5 nitrogen and oxygen atoms in total. The molecular weight excluding hydrogens is 741 g/mol. The molecule has 1 N–H and O–H groups in total. The van der Waals surface area contributed by atoms with Gasteiger partial charge < -0.3 is 14.6 Å². The smallest absolute Gasteiger partial charge is 0.312 e. The summed E-state index contributed by atoms with van der Waals surface area (Å²) in [6.07, 6.45) is 10.7. The lowest BCUT2D eigenvalue weighted by Gasteiger charge is -2.73. The molecule has 0 aromatic heterocycles. The Hall–Kier alpha value is -3.70. The summed E-state index contributed by atoms with van der Waals surface area (Å²) in [6.45, 7) is 23.8. The molecule has 5 fully saturated rings. The van der Waals surface area contributed by atoms with Gasteiger partial charge in [0.1, 0.15) is 11.7 Å². The summed E-state index contributed by atoms with van der Waals surface area (Å²) < 4.78 is 14.2. The SMILES string of the molecule is C=C(C)[C@@H]1CC[C@]2(COC(c3ccccc3)(c3ccccc3)c3ccccc3)CC[C@]3(C)[C@H](CC[C@@H]4[C@@]5(C)CC(OC(=O)C(C)(C)CC(=O)O)CC(C)(C)[C@@H]5CC[C@]43C)[C@@H]12. The monoisotopic (exact) mass is 813 g/mol. The first-order chi connectivity index (χ1) is 28.3. The average Bonchev–Trinajstić information content (AvgIpc) is 3.59. The molecule has 0 radical (unpaired) electrons. The van der Waals surface area contributed by atoms with Crippen molar-refractivity contribution in [1.82, 2.24) is 0 Å². The van der Waals surface area contributed by atoms with Gasteiger partial charge in [-0.25, -0.2) is 0 Å². The number of ether oxygens (including phenoxy) is 2. The van der Waals surface area contributed by atoms with Crippen molar-refractivity contribution in [3.8, 4) is 0 Å². The van der Waals surface area contributed by atoms with Crippen molar-refractivity contribution in [2.24, 2.45) is 62.1 Å². The van der Waals surface area contributed by atoms with Crippen molar-refractivity contribution < 1.29 is 24.2 Å². The minimum absolute atomic E-state index is 0.00624. The molecule has 0 saturated heterocycles. The van der Waals surface area contributed by atoms with Crippen molar-refractivity contribution in [1.29, 1.82) is 0 Å². The molecule has 10 atom stereocenters. The summed E-state index contributed by atoms with van der Waals surface area (Å²) in [4.78, 5) is 25.3. The van der Waals surface area contributed by atoms with E-state index in [0.717, 1.165) is 42.4 Å². The lowest BCUT2D eigenvalue weighted by Crippen LogP contribution is -2.66. The number of carboxylic acid groups (broad SMARTS) is 1. The molecular formula is C55H72O5. The van der Waals surface area contributed by atoms with Gasteiger partial charge in [-0.15, -0.1) is 0 Å². The van der Waals surface area contributed by atoms with E-state index in [-0.39, 0.29) is 45.6 Å². The number of carbonyl (C=O) groups excluding carboxylic acids is 1. The molecule has 0 spiro atoms. The van der Waals surface area contributed by atoms with Crippen LogP contribution in [0, 0.1) is 62.1 Å². The van der Waals surface area contributed by atoms with Gasteiger partial charge >= 0.3 is 11.9 Å². The van der Waals surface area contributed by atoms with Crippen LogP contribution in [-0.4, -0.2) is 29.8 Å². The first-order valence-corrected chi connectivity index (χ1v) is 23.2. The maximum Gasteiger partial charge on any atom is 0.312 e. The second-order valence-electron chi connectivity index (χ2n) is 22.5. The molecule has 3 aromatic carbocycles. The highest BCUT2D eigenvalue weighted by molar-refractivity contribution is 5.82. The molecule has 0 heterocycles. The number of allylic oxidation sites excluding steroid dienone is 1. The van der Waals surface area contributed by atoms with Gasteiger partial charge in [0.2, 0.25) is 0 Å². The zero-order chi connectivity index (χ0) is 42.9. The molecule has 1 unspecified atom stereocenters. The van der Waals surface area contributed by atoms with Gasteiger partial charge in [0.15, 0.2) is 0 Å². The van der Waals surface area contributed by atoms with Crippen LogP contribution in [0.25, 0.3) is 0 Å². The van der Waals surface area contributed by atoms with Crippen molar-refractivity contribution in [3.05, 3.63) is 120 Å². The first-order valence-electron chi connectivity index (χ1n) is 23.2. The molecule has 0 aliphatic heterocycles. The molecule has 0 amide bonds. The van der Waals surface area contributed by atoms with Gasteiger partial charge in [0.05, 0.1) is 18.4 Å². The number of hydrogen-bond donors (Lipinski definition) is 1. The Labute approximate surface area is 361 Å². The third-order valence-electron chi connectivity index (χ3n) is 18.4.